The van der Waals surface area contributed by atoms with Crippen LogP contribution in [0.1, 0.15) is 25.3 Å². The third-order valence-corrected chi connectivity index (χ3v) is 2.15. The third kappa shape index (κ3) is 3.60. The highest BCUT2D eigenvalue weighted by Crippen LogP contribution is 2.09. The summed E-state index contributed by atoms with van der Waals surface area (Å²) in [6.07, 6.45) is 1.25. The van der Waals surface area contributed by atoms with Crippen LogP contribution < -0.4 is 5.32 Å². The number of anilines is 1. The minimum Gasteiger partial charge on any atom is -0.385 e. The highest BCUT2D eigenvalue weighted by Gasteiger charge is 1.97. The molecule has 1 aromatic rings. The molecule has 0 aliphatic rings. The monoisotopic (exact) mass is 191 g/mol. The first kappa shape index (κ1) is 10.8. The van der Waals surface area contributed by atoms with E-state index >= 15 is 0 Å². The second-order valence-electron chi connectivity index (χ2n) is 3.44. The van der Waals surface area contributed by atoms with E-state index < -0.39 is 0 Å². The fourth-order valence-corrected chi connectivity index (χ4v) is 1.28. The highest BCUT2D eigenvalue weighted by atomic mass is 16.1. The lowest BCUT2D eigenvalue weighted by Gasteiger charge is -2.05. The van der Waals surface area contributed by atoms with Gasteiger partial charge in [-0.2, -0.15) is 0 Å². The van der Waals surface area contributed by atoms with E-state index in [4.69, 9.17) is 0 Å². The van der Waals surface area contributed by atoms with Crippen molar-refractivity contribution in [2.75, 3.05) is 11.9 Å². The van der Waals surface area contributed by atoms with E-state index in [-0.39, 0.29) is 0 Å². The number of hydrogen-bond acceptors (Lipinski definition) is 2. The van der Waals surface area contributed by atoms with Gasteiger partial charge in [0.05, 0.1) is 0 Å². The molecule has 2 nitrogen and oxygen atoms in total. The Kier molecular flexibility index (Phi) is 4.17. The van der Waals surface area contributed by atoms with Crippen LogP contribution in [0.25, 0.3) is 0 Å². The number of hydrogen-bond donors (Lipinski definition) is 1. The van der Waals surface area contributed by atoms with Crippen LogP contribution in [0.5, 0.6) is 0 Å². The lowest BCUT2D eigenvalue weighted by Crippen LogP contribution is -2.07. The molecule has 0 bridgehead atoms. The molecule has 0 fully saturated rings. The Hall–Kier alpha value is -1.31. The zero-order valence-electron chi connectivity index (χ0n) is 8.84. The minimum absolute atomic E-state index is 0.310. The zero-order valence-corrected chi connectivity index (χ0v) is 8.84. The van der Waals surface area contributed by atoms with Crippen molar-refractivity contribution in [1.29, 1.82) is 0 Å². The SMILES string of the molecule is CCC(=O)CCNc1cccc(C)c1. The first-order chi connectivity index (χ1) is 6.72. The average Bonchev–Trinajstić information content (AvgIpc) is 2.17. The van der Waals surface area contributed by atoms with Gasteiger partial charge in [0, 0.05) is 25.1 Å². The van der Waals surface area contributed by atoms with Crippen LogP contribution in [-0.4, -0.2) is 12.3 Å². The van der Waals surface area contributed by atoms with E-state index in [0.717, 1.165) is 12.2 Å². The second kappa shape index (κ2) is 5.43. The molecule has 0 saturated carbocycles. The van der Waals surface area contributed by atoms with E-state index in [1.165, 1.54) is 5.56 Å². The predicted molar refractivity (Wildman–Crippen MR) is 59.6 cm³/mol. The molecule has 14 heavy (non-hydrogen) atoms. The molecule has 76 valence electrons. The van der Waals surface area contributed by atoms with Crippen molar-refractivity contribution >= 4 is 11.5 Å². The predicted octanol–water partition coefficient (Wildman–Crippen LogP) is 2.78. The number of benzene rings is 1. The fourth-order valence-electron chi connectivity index (χ4n) is 1.28. The summed E-state index contributed by atoms with van der Waals surface area (Å²) in [5.41, 5.74) is 2.32. The molecule has 0 amide bonds. The number of aryl methyl sites for hydroxylation is 1. The molecule has 1 N–H and O–H groups in total. The Bertz CT molecular complexity index is 307. The van der Waals surface area contributed by atoms with Crippen molar-refractivity contribution in [2.45, 2.75) is 26.7 Å². The number of nitrogens with one attached hydrogen (secondary N) is 1. The van der Waals surface area contributed by atoms with Crippen molar-refractivity contribution in [2.24, 2.45) is 0 Å². The topological polar surface area (TPSA) is 29.1 Å². The first-order valence-corrected chi connectivity index (χ1v) is 5.04. The molecule has 0 aliphatic carbocycles. The molecule has 1 aromatic carbocycles. The Morgan fingerprint density at radius 2 is 2.21 bits per heavy atom. The van der Waals surface area contributed by atoms with Crippen molar-refractivity contribution in [1.82, 2.24) is 0 Å². The summed E-state index contributed by atoms with van der Waals surface area (Å²) in [7, 11) is 0. The lowest BCUT2D eigenvalue weighted by molar-refractivity contribution is -0.118. The van der Waals surface area contributed by atoms with Gasteiger partial charge in [-0.25, -0.2) is 0 Å². The molecule has 0 atom stereocenters. The molecule has 0 aliphatic heterocycles. The van der Waals surface area contributed by atoms with Crippen LogP contribution in [0, 0.1) is 6.92 Å². The summed E-state index contributed by atoms with van der Waals surface area (Å²) in [6, 6.07) is 8.17. The van der Waals surface area contributed by atoms with E-state index in [9.17, 15) is 4.79 Å². The molecule has 0 radical (unpaired) electrons. The number of carbonyl (C=O) groups excluding carboxylic acids is 1. The molecule has 0 heterocycles. The Labute approximate surface area is 85.3 Å². The van der Waals surface area contributed by atoms with Crippen LogP contribution in [0.2, 0.25) is 0 Å². The molecular formula is C12H17NO. The van der Waals surface area contributed by atoms with Gasteiger partial charge in [-0.3, -0.25) is 4.79 Å². The van der Waals surface area contributed by atoms with Gasteiger partial charge in [-0.1, -0.05) is 19.1 Å². The van der Waals surface area contributed by atoms with Gasteiger partial charge in [-0.15, -0.1) is 0 Å². The Balaban J connectivity index is 2.35. The largest absolute Gasteiger partial charge is 0.385 e. The van der Waals surface area contributed by atoms with Crippen LogP contribution in [0.4, 0.5) is 5.69 Å². The molecule has 0 aromatic heterocycles. The number of ketones is 1. The van der Waals surface area contributed by atoms with Gasteiger partial charge in [-0.05, 0) is 24.6 Å². The van der Waals surface area contributed by atoms with Crippen molar-refractivity contribution < 1.29 is 4.79 Å². The highest BCUT2D eigenvalue weighted by molar-refractivity contribution is 5.78. The van der Waals surface area contributed by atoms with Crippen LogP contribution in [0.3, 0.4) is 0 Å². The van der Waals surface area contributed by atoms with E-state index in [0.29, 0.717) is 18.6 Å². The quantitative estimate of drug-likeness (QED) is 0.775. The second-order valence-corrected chi connectivity index (χ2v) is 3.44. The van der Waals surface area contributed by atoms with Crippen LogP contribution in [-0.2, 0) is 4.79 Å². The van der Waals surface area contributed by atoms with E-state index in [1.54, 1.807) is 0 Å². The lowest BCUT2D eigenvalue weighted by atomic mass is 10.2. The molecule has 0 unspecified atom stereocenters. The van der Waals surface area contributed by atoms with Gasteiger partial charge in [0.25, 0.3) is 0 Å². The van der Waals surface area contributed by atoms with E-state index in [1.807, 2.05) is 19.1 Å². The maximum absolute atomic E-state index is 11.0. The fraction of sp³-hybridized carbons (Fsp3) is 0.417. The smallest absolute Gasteiger partial charge is 0.134 e. The third-order valence-electron chi connectivity index (χ3n) is 2.15. The number of rotatable bonds is 5. The molecule has 2 heteroatoms. The summed E-state index contributed by atoms with van der Waals surface area (Å²) in [5.74, 6) is 0.310. The Morgan fingerprint density at radius 1 is 1.43 bits per heavy atom. The molecule has 0 saturated heterocycles. The normalized spacial score (nSPS) is 9.86. The summed E-state index contributed by atoms with van der Waals surface area (Å²) >= 11 is 0. The number of Topliss-reactive ketones (excluding diaryl/α,β-unsaturated/α-hetero) is 1. The summed E-state index contributed by atoms with van der Waals surface area (Å²) in [6.45, 7) is 4.69. The van der Waals surface area contributed by atoms with Crippen molar-refractivity contribution in [3.05, 3.63) is 29.8 Å². The maximum Gasteiger partial charge on any atom is 0.134 e. The van der Waals surface area contributed by atoms with Crippen LogP contribution in [0.15, 0.2) is 24.3 Å². The van der Waals surface area contributed by atoms with Gasteiger partial charge in [0.1, 0.15) is 5.78 Å². The Morgan fingerprint density at radius 3 is 2.86 bits per heavy atom. The summed E-state index contributed by atoms with van der Waals surface area (Å²) in [4.78, 5) is 11.0. The minimum atomic E-state index is 0.310. The molecule has 0 spiro atoms. The number of carbonyl (C=O) groups is 1. The summed E-state index contributed by atoms with van der Waals surface area (Å²) < 4.78 is 0. The summed E-state index contributed by atoms with van der Waals surface area (Å²) in [5, 5.41) is 3.23. The van der Waals surface area contributed by atoms with Gasteiger partial charge in [0.2, 0.25) is 0 Å². The van der Waals surface area contributed by atoms with E-state index in [2.05, 4.69) is 24.4 Å². The van der Waals surface area contributed by atoms with Crippen molar-refractivity contribution in [3.8, 4) is 0 Å². The van der Waals surface area contributed by atoms with Gasteiger partial charge in [0.15, 0.2) is 0 Å². The first-order valence-electron chi connectivity index (χ1n) is 5.04. The zero-order chi connectivity index (χ0) is 10.4. The standard InChI is InChI=1S/C12H17NO/c1-3-12(14)7-8-13-11-6-4-5-10(2)9-11/h4-6,9,13H,3,7-8H2,1-2H3. The van der Waals surface area contributed by atoms with Gasteiger partial charge >= 0.3 is 0 Å². The average molecular weight is 191 g/mol. The maximum atomic E-state index is 11.0. The van der Waals surface area contributed by atoms with Crippen LogP contribution >= 0.6 is 0 Å². The molecule has 1 rings (SSSR count). The van der Waals surface area contributed by atoms with Crippen molar-refractivity contribution in [3.63, 3.8) is 0 Å². The molecular weight excluding hydrogens is 174 g/mol. The van der Waals surface area contributed by atoms with Gasteiger partial charge < -0.3 is 5.32 Å².